The van der Waals surface area contributed by atoms with Crippen LogP contribution in [-0.4, -0.2) is 50.1 Å². The fourth-order valence-electron chi connectivity index (χ4n) is 3.04. The SMILES string of the molecule is CCOC(=O)CCCNC(=NC)NCc1ccc(CN2CCCC2)cc1.I. The van der Waals surface area contributed by atoms with E-state index >= 15 is 0 Å². The number of esters is 1. The Kier molecular flexibility index (Phi) is 12.1. The van der Waals surface area contributed by atoms with E-state index in [9.17, 15) is 4.79 Å². The summed E-state index contributed by atoms with van der Waals surface area (Å²) < 4.78 is 4.92. The van der Waals surface area contributed by atoms with Crippen molar-refractivity contribution in [1.82, 2.24) is 15.5 Å². The van der Waals surface area contributed by atoms with Crippen LogP contribution < -0.4 is 10.6 Å². The number of carbonyl (C=O) groups excluding carboxylic acids is 1. The van der Waals surface area contributed by atoms with E-state index in [0.717, 1.165) is 25.5 Å². The number of benzene rings is 1. The first-order valence-corrected chi connectivity index (χ1v) is 9.61. The third kappa shape index (κ3) is 9.41. The Morgan fingerprint density at radius 1 is 1.15 bits per heavy atom. The molecular formula is C20H33IN4O2. The van der Waals surface area contributed by atoms with Crippen LogP contribution in [0.15, 0.2) is 29.3 Å². The van der Waals surface area contributed by atoms with Crippen LogP contribution in [0, 0.1) is 0 Å². The molecule has 1 fully saturated rings. The molecule has 0 unspecified atom stereocenters. The van der Waals surface area contributed by atoms with E-state index in [1.807, 2.05) is 6.92 Å². The molecule has 1 aliphatic rings. The third-order valence-corrected chi connectivity index (χ3v) is 4.47. The van der Waals surface area contributed by atoms with Crippen molar-refractivity contribution in [3.8, 4) is 0 Å². The Morgan fingerprint density at radius 3 is 2.44 bits per heavy atom. The highest BCUT2D eigenvalue weighted by Crippen LogP contribution is 2.13. The Bertz CT molecular complexity index is 572. The maximum Gasteiger partial charge on any atom is 0.305 e. The van der Waals surface area contributed by atoms with E-state index in [0.29, 0.717) is 19.6 Å². The normalized spacial score (nSPS) is 14.5. The molecule has 1 aromatic rings. The zero-order valence-corrected chi connectivity index (χ0v) is 18.8. The largest absolute Gasteiger partial charge is 0.466 e. The molecule has 27 heavy (non-hydrogen) atoms. The van der Waals surface area contributed by atoms with E-state index in [-0.39, 0.29) is 29.9 Å². The van der Waals surface area contributed by atoms with E-state index in [4.69, 9.17) is 4.74 Å². The van der Waals surface area contributed by atoms with Gasteiger partial charge in [0.25, 0.3) is 0 Å². The van der Waals surface area contributed by atoms with Crippen LogP contribution >= 0.6 is 24.0 Å². The first-order chi connectivity index (χ1) is 12.7. The smallest absolute Gasteiger partial charge is 0.305 e. The maximum absolute atomic E-state index is 11.3. The third-order valence-electron chi connectivity index (χ3n) is 4.47. The minimum atomic E-state index is -0.147. The lowest BCUT2D eigenvalue weighted by atomic mass is 10.1. The molecular weight excluding hydrogens is 455 g/mol. The number of rotatable bonds is 9. The van der Waals surface area contributed by atoms with E-state index in [2.05, 4.69) is 44.8 Å². The van der Waals surface area contributed by atoms with Gasteiger partial charge in [-0.2, -0.15) is 0 Å². The molecule has 0 bridgehead atoms. The van der Waals surface area contributed by atoms with Crippen molar-refractivity contribution in [2.45, 2.75) is 45.7 Å². The van der Waals surface area contributed by atoms with Gasteiger partial charge in [0.2, 0.25) is 0 Å². The predicted octanol–water partition coefficient (Wildman–Crippen LogP) is 2.91. The summed E-state index contributed by atoms with van der Waals surface area (Å²) in [6.07, 6.45) is 3.81. The van der Waals surface area contributed by atoms with Gasteiger partial charge in [0.05, 0.1) is 6.61 Å². The lowest BCUT2D eigenvalue weighted by molar-refractivity contribution is -0.143. The molecule has 0 aliphatic carbocycles. The van der Waals surface area contributed by atoms with E-state index < -0.39 is 0 Å². The summed E-state index contributed by atoms with van der Waals surface area (Å²) in [6.45, 7) is 7.17. The number of carbonyl (C=O) groups is 1. The molecule has 0 atom stereocenters. The first-order valence-electron chi connectivity index (χ1n) is 9.61. The van der Waals surface area contributed by atoms with Gasteiger partial charge >= 0.3 is 5.97 Å². The van der Waals surface area contributed by atoms with Crippen molar-refractivity contribution in [3.63, 3.8) is 0 Å². The summed E-state index contributed by atoms with van der Waals surface area (Å²) in [6, 6.07) is 8.77. The molecule has 0 saturated carbocycles. The zero-order valence-electron chi connectivity index (χ0n) is 16.5. The second-order valence-corrected chi connectivity index (χ2v) is 6.56. The molecule has 1 aromatic carbocycles. The molecule has 0 aromatic heterocycles. The van der Waals surface area contributed by atoms with Crippen molar-refractivity contribution in [3.05, 3.63) is 35.4 Å². The van der Waals surface area contributed by atoms with Crippen LogP contribution in [0.5, 0.6) is 0 Å². The monoisotopic (exact) mass is 488 g/mol. The number of hydrogen-bond acceptors (Lipinski definition) is 4. The van der Waals surface area contributed by atoms with Crippen LogP contribution in [0.25, 0.3) is 0 Å². The quantitative estimate of drug-likeness (QED) is 0.184. The van der Waals surface area contributed by atoms with E-state index in [1.54, 1.807) is 7.05 Å². The van der Waals surface area contributed by atoms with E-state index in [1.165, 1.54) is 37.1 Å². The molecule has 6 nitrogen and oxygen atoms in total. The zero-order chi connectivity index (χ0) is 18.6. The van der Waals surface area contributed by atoms with Crippen LogP contribution in [0.4, 0.5) is 0 Å². The second-order valence-electron chi connectivity index (χ2n) is 6.56. The summed E-state index contributed by atoms with van der Waals surface area (Å²) in [7, 11) is 1.75. The van der Waals surface area contributed by atoms with Gasteiger partial charge in [0.1, 0.15) is 0 Å². The van der Waals surface area contributed by atoms with Gasteiger partial charge in [-0.25, -0.2) is 0 Å². The molecule has 0 radical (unpaired) electrons. The van der Waals surface area contributed by atoms with Crippen molar-refractivity contribution in [2.75, 3.05) is 33.3 Å². The summed E-state index contributed by atoms with van der Waals surface area (Å²) in [5.41, 5.74) is 2.60. The Balaban J connectivity index is 0.00000364. The Morgan fingerprint density at radius 2 is 1.81 bits per heavy atom. The highest BCUT2D eigenvalue weighted by Gasteiger charge is 2.11. The average molecular weight is 488 g/mol. The number of nitrogens with one attached hydrogen (secondary N) is 2. The Labute approximate surface area is 180 Å². The fourth-order valence-corrected chi connectivity index (χ4v) is 3.04. The summed E-state index contributed by atoms with van der Waals surface area (Å²) in [5.74, 6) is 0.598. The van der Waals surface area contributed by atoms with Gasteiger partial charge in [0, 0.05) is 33.1 Å². The maximum atomic E-state index is 11.3. The summed E-state index contributed by atoms with van der Waals surface area (Å²) >= 11 is 0. The van der Waals surface area contributed by atoms with Gasteiger partial charge in [-0.05, 0) is 50.4 Å². The summed E-state index contributed by atoms with van der Waals surface area (Å²) in [4.78, 5) is 18.0. The van der Waals surface area contributed by atoms with Crippen LogP contribution in [0.3, 0.4) is 0 Å². The van der Waals surface area contributed by atoms with Gasteiger partial charge in [-0.15, -0.1) is 24.0 Å². The molecule has 0 spiro atoms. The second kappa shape index (κ2) is 13.8. The number of ether oxygens (including phenoxy) is 1. The minimum absolute atomic E-state index is 0. The van der Waals surface area contributed by atoms with Crippen LogP contribution in [-0.2, 0) is 22.6 Å². The van der Waals surface area contributed by atoms with Gasteiger partial charge < -0.3 is 15.4 Å². The van der Waals surface area contributed by atoms with Crippen molar-refractivity contribution in [2.24, 2.45) is 4.99 Å². The van der Waals surface area contributed by atoms with Gasteiger partial charge in [-0.3, -0.25) is 14.7 Å². The highest BCUT2D eigenvalue weighted by atomic mass is 127. The minimum Gasteiger partial charge on any atom is -0.466 e. The molecule has 1 aliphatic heterocycles. The number of aliphatic imine (C=N–C) groups is 1. The molecule has 0 amide bonds. The number of likely N-dealkylation sites (tertiary alicyclic amines) is 1. The van der Waals surface area contributed by atoms with Gasteiger partial charge in [0.15, 0.2) is 5.96 Å². The Hall–Kier alpha value is -1.35. The number of halogens is 1. The molecule has 2 rings (SSSR count). The number of guanidine groups is 1. The van der Waals surface area contributed by atoms with Crippen molar-refractivity contribution < 1.29 is 9.53 Å². The fraction of sp³-hybridized carbons (Fsp3) is 0.600. The van der Waals surface area contributed by atoms with Crippen LogP contribution in [0.2, 0.25) is 0 Å². The predicted molar refractivity (Wildman–Crippen MR) is 120 cm³/mol. The number of hydrogen-bond donors (Lipinski definition) is 2. The average Bonchev–Trinajstić information content (AvgIpc) is 3.15. The molecule has 152 valence electrons. The first kappa shape index (κ1) is 23.7. The standard InChI is InChI=1S/C20H32N4O2.HI/c1-3-26-19(25)7-6-12-22-20(21-2)23-15-17-8-10-18(11-9-17)16-24-13-4-5-14-24;/h8-11H,3-7,12-16H2,1-2H3,(H2,21,22,23);1H. The topological polar surface area (TPSA) is 66.0 Å². The molecule has 2 N–H and O–H groups in total. The summed E-state index contributed by atoms with van der Waals surface area (Å²) in [5, 5.41) is 6.53. The molecule has 7 heteroatoms. The van der Waals surface area contributed by atoms with Crippen LogP contribution in [0.1, 0.15) is 43.7 Å². The molecule has 1 heterocycles. The lowest BCUT2D eigenvalue weighted by Crippen LogP contribution is -2.37. The molecule has 1 saturated heterocycles. The highest BCUT2D eigenvalue weighted by molar-refractivity contribution is 14.0. The number of nitrogens with zero attached hydrogens (tertiary/aromatic N) is 2. The van der Waals surface area contributed by atoms with Gasteiger partial charge in [-0.1, -0.05) is 24.3 Å². The van der Waals surface area contributed by atoms with Crippen molar-refractivity contribution in [1.29, 1.82) is 0 Å². The lowest BCUT2D eigenvalue weighted by Gasteiger charge is -2.15. The van der Waals surface area contributed by atoms with Crippen molar-refractivity contribution >= 4 is 35.9 Å².